The zero-order valence-electron chi connectivity index (χ0n) is 20.0. The van der Waals surface area contributed by atoms with Crippen molar-refractivity contribution in [2.45, 2.75) is 37.5 Å². The van der Waals surface area contributed by atoms with Gasteiger partial charge in [-0.2, -0.15) is 0 Å². The number of nitrogens with zero attached hydrogens (tertiary/aromatic N) is 3. The van der Waals surface area contributed by atoms with Gasteiger partial charge in [0, 0.05) is 52.0 Å². The molecule has 8 heteroatoms. The molecule has 2 heterocycles. The third kappa shape index (κ3) is 4.93. The van der Waals surface area contributed by atoms with Crippen LogP contribution in [-0.2, 0) is 10.4 Å². The number of piperidine rings is 1. The van der Waals surface area contributed by atoms with Crippen LogP contribution in [0.25, 0.3) is 0 Å². The van der Waals surface area contributed by atoms with Crippen molar-refractivity contribution in [2.75, 3.05) is 45.6 Å². The minimum absolute atomic E-state index is 0.0679. The van der Waals surface area contributed by atoms with Gasteiger partial charge < -0.3 is 20.2 Å². The zero-order valence-corrected chi connectivity index (χ0v) is 20.0. The van der Waals surface area contributed by atoms with Gasteiger partial charge in [0.1, 0.15) is 5.82 Å². The number of benzene rings is 2. The molecule has 2 aromatic carbocycles. The van der Waals surface area contributed by atoms with E-state index < -0.39 is 11.4 Å². The Hall–Kier alpha value is -2.97. The summed E-state index contributed by atoms with van der Waals surface area (Å²) in [5.74, 6) is -1.13. The van der Waals surface area contributed by atoms with Gasteiger partial charge in [0.25, 0.3) is 11.8 Å². The maximum absolute atomic E-state index is 14.3. The lowest BCUT2D eigenvalue weighted by Gasteiger charge is -2.48. The van der Waals surface area contributed by atoms with E-state index in [4.69, 9.17) is 0 Å². The van der Waals surface area contributed by atoms with Crippen LogP contribution < -0.4 is 5.32 Å². The van der Waals surface area contributed by atoms with Crippen molar-refractivity contribution < 1.29 is 19.1 Å². The molecule has 4 rings (SSSR count). The minimum atomic E-state index is -1.53. The van der Waals surface area contributed by atoms with E-state index in [-0.39, 0.29) is 23.4 Å². The second-order valence-corrected chi connectivity index (χ2v) is 9.65. The second kappa shape index (κ2) is 9.72. The molecule has 0 radical (unpaired) electrons. The Labute approximate surface area is 200 Å². The van der Waals surface area contributed by atoms with E-state index in [9.17, 15) is 19.1 Å². The fourth-order valence-corrected chi connectivity index (χ4v) is 4.79. The van der Waals surface area contributed by atoms with Crippen LogP contribution in [0.4, 0.5) is 10.1 Å². The number of nitrogens with one attached hydrogen (secondary N) is 1. The quantitative estimate of drug-likeness (QED) is 0.682. The topological polar surface area (TPSA) is 76.1 Å². The predicted octanol–water partition coefficient (Wildman–Crippen LogP) is 2.52. The summed E-state index contributed by atoms with van der Waals surface area (Å²) < 4.78 is 14.3. The molecule has 2 aliphatic heterocycles. The Morgan fingerprint density at radius 1 is 1.09 bits per heavy atom. The van der Waals surface area contributed by atoms with Gasteiger partial charge in [-0.3, -0.25) is 14.5 Å². The SMILES string of the molecule is CN(C)C(=O)c1ccc(NC2CN(C3CCN(C(=O)[C@](C)(O)c4ccccc4)CC3)C2)cc1F. The van der Waals surface area contributed by atoms with E-state index in [1.54, 1.807) is 44.1 Å². The number of rotatable bonds is 6. The maximum Gasteiger partial charge on any atom is 0.258 e. The molecule has 1 atom stereocenters. The summed E-state index contributed by atoms with van der Waals surface area (Å²) in [7, 11) is 3.20. The molecule has 0 unspecified atom stereocenters. The van der Waals surface area contributed by atoms with Crippen molar-refractivity contribution in [3.63, 3.8) is 0 Å². The number of halogens is 1. The first-order valence-corrected chi connectivity index (χ1v) is 11.8. The number of likely N-dealkylation sites (tertiary alicyclic amines) is 2. The second-order valence-electron chi connectivity index (χ2n) is 9.65. The average molecular weight is 469 g/mol. The van der Waals surface area contributed by atoms with Crippen LogP contribution in [0.2, 0.25) is 0 Å². The van der Waals surface area contributed by atoms with Gasteiger partial charge in [0.2, 0.25) is 0 Å². The monoisotopic (exact) mass is 468 g/mol. The van der Waals surface area contributed by atoms with Crippen molar-refractivity contribution in [3.05, 3.63) is 65.5 Å². The van der Waals surface area contributed by atoms with Crippen LogP contribution in [0.3, 0.4) is 0 Å². The molecule has 0 saturated carbocycles. The summed E-state index contributed by atoms with van der Waals surface area (Å²) in [5, 5.41) is 14.2. The maximum atomic E-state index is 14.3. The van der Waals surface area contributed by atoms with Crippen LogP contribution in [-0.4, -0.2) is 84.0 Å². The largest absolute Gasteiger partial charge is 0.380 e. The molecule has 0 aromatic heterocycles. The summed E-state index contributed by atoms with van der Waals surface area (Å²) in [5.41, 5.74) is -0.185. The summed E-state index contributed by atoms with van der Waals surface area (Å²) in [6.45, 7) is 4.50. The first kappa shape index (κ1) is 24.2. The molecular formula is C26H33FN4O3. The Balaban J connectivity index is 1.25. The Morgan fingerprint density at radius 3 is 2.32 bits per heavy atom. The molecule has 0 spiro atoms. The predicted molar refractivity (Wildman–Crippen MR) is 129 cm³/mol. The van der Waals surface area contributed by atoms with E-state index in [1.165, 1.54) is 17.0 Å². The number of hydrogen-bond donors (Lipinski definition) is 2. The number of anilines is 1. The average Bonchev–Trinajstić information content (AvgIpc) is 2.81. The first-order valence-electron chi connectivity index (χ1n) is 11.8. The standard InChI is InChI=1S/C26H33FN4O3/c1-26(34,18-7-5-4-6-8-18)25(33)30-13-11-21(12-14-30)31-16-20(17-31)28-19-9-10-22(23(27)15-19)24(32)29(2)3/h4-10,15,20-21,28,34H,11-14,16-17H2,1-3H3/t26-/m1/s1. The van der Waals surface area contributed by atoms with Gasteiger partial charge in [-0.15, -0.1) is 0 Å². The molecule has 2 aromatic rings. The highest BCUT2D eigenvalue weighted by Gasteiger charge is 2.40. The molecule has 2 saturated heterocycles. The van der Waals surface area contributed by atoms with Crippen molar-refractivity contribution in [3.8, 4) is 0 Å². The molecule has 2 amide bonds. The van der Waals surface area contributed by atoms with Gasteiger partial charge in [-0.05, 0) is 43.5 Å². The van der Waals surface area contributed by atoms with E-state index in [2.05, 4.69) is 10.2 Å². The van der Waals surface area contributed by atoms with Gasteiger partial charge in [0.15, 0.2) is 5.60 Å². The molecule has 2 fully saturated rings. The number of amides is 2. The fraction of sp³-hybridized carbons (Fsp3) is 0.462. The van der Waals surface area contributed by atoms with Crippen LogP contribution in [0.1, 0.15) is 35.7 Å². The van der Waals surface area contributed by atoms with E-state index >= 15 is 0 Å². The minimum Gasteiger partial charge on any atom is -0.380 e. The van der Waals surface area contributed by atoms with Crippen molar-refractivity contribution in [1.29, 1.82) is 0 Å². The molecular weight excluding hydrogens is 435 g/mol. The molecule has 7 nitrogen and oxygen atoms in total. The lowest BCUT2D eigenvalue weighted by molar-refractivity contribution is -0.152. The van der Waals surface area contributed by atoms with Crippen LogP contribution in [0, 0.1) is 5.82 Å². The molecule has 182 valence electrons. The summed E-state index contributed by atoms with van der Waals surface area (Å²) in [6, 6.07) is 14.3. The highest BCUT2D eigenvalue weighted by Crippen LogP contribution is 2.28. The number of hydrogen-bond acceptors (Lipinski definition) is 5. The zero-order chi connectivity index (χ0) is 24.5. The van der Waals surface area contributed by atoms with Crippen LogP contribution in [0.15, 0.2) is 48.5 Å². The van der Waals surface area contributed by atoms with Crippen molar-refractivity contribution in [2.24, 2.45) is 0 Å². The van der Waals surface area contributed by atoms with Crippen molar-refractivity contribution >= 4 is 17.5 Å². The third-order valence-corrected chi connectivity index (χ3v) is 6.91. The van der Waals surface area contributed by atoms with Gasteiger partial charge in [-0.25, -0.2) is 4.39 Å². The molecule has 2 aliphatic rings. The lowest BCUT2D eigenvalue weighted by atomic mass is 9.92. The van der Waals surface area contributed by atoms with Gasteiger partial charge in [-0.1, -0.05) is 30.3 Å². The van der Waals surface area contributed by atoms with Crippen molar-refractivity contribution in [1.82, 2.24) is 14.7 Å². The fourth-order valence-electron chi connectivity index (χ4n) is 4.79. The normalized spacial score (nSPS) is 19.3. The van der Waals surface area contributed by atoms with E-state index in [0.717, 1.165) is 25.9 Å². The smallest absolute Gasteiger partial charge is 0.258 e. The van der Waals surface area contributed by atoms with Crippen LogP contribution >= 0.6 is 0 Å². The van der Waals surface area contributed by atoms with Crippen LogP contribution in [0.5, 0.6) is 0 Å². The molecule has 0 bridgehead atoms. The molecule has 34 heavy (non-hydrogen) atoms. The summed E-state index contributed by atoms with van der Waals surface area (Å²) in [6.07, 6.45) is 1.72. The third-order valence-electron chi connectivity index (χ3n) is 6.91. The summed E-state index contributed by atoms with van der Waals surface area (Å²) >= 11 is 0. The first-order chi connectivity index (χ1) is 16.2. The number of carbonyl (C=O) groups excluding carboxylic acids is 2. The van der Waals surface area contributed by atoms with E-state index in [0.29, 0.717) is 30.4 Å². The highest BCUT2D eigenvalue weighted by atomic mass is 19.1. The molecule has 0 aliphatic carbocycles. The Bertz CT molecular complexity index is 1030. The molecule has 2 N–H and O–H groups in total. The van der Waals surface area contributed by atoms with Gasteiger partial charge in [0.05, 0.1) is 11.6 Å². The number of carbonyl (C=O) groups is 2. The van der Waals surface area contributed by atoms with E-state index in [1.807, 2.05) is 18.2 Å². The summed E-state index contributed by atoms with van der Waals surface area (Å²) in [4.78, 5) is 30.5. The Morgan fingerprint density at radius 2 is 1.74 bits per heavy atom. The van der Waals surface area contributed by atoms with Gasteiger partial charge >= 0.3 is 0 Å². The lowest BCUT2D eigenvalue weighted by Crippen LogP contribution is -2.61. The Kier molecular flexibility index (Phi) is 6.91. The highest BCUT2D eigenvalue weighted by molar-refractivity contribution is 5.94. The number of aliphatic hydroxyl groups is 1.